The number of anilines is 1. The van der Waals surface area contributed by atoms with Crippen LogP contribution in [0.3, 0.4) is 0 Å². The van der Waals surface area contributed by atoms with Gasteiger partial charge in [-0.05, 0) is 36.4 Å². The van der Waals surface area contributed by atoms with Crippen molar-refractivity contribution in [3.05, 3.63) is 77.8 Å². The lowest BCUT2D eigenvalue weighted by atomic mass is 10.1. The van der Waals surface area contributed by atoms with Crippen molar-refractivity contribution in [2.45, 2.75) is 6.54 Å². The largest absolute Gasteiger partial charge is 0.395 e. The van der Waals surface area contributed by atoms with E-state index in [9.17, 15) is 13.6 Å². The number of hydrogen-bond acceptors (Lipinski definition) is 6. The van der Waals surface area contributed by atoms with Crippen LogP contribution in [0.5, 0.6) is 0 Å². The molecule has 8 nitrogen and oxygen atoms in total. The molecule has 0 aliphatic rings. The number of benzene rings is 1. The van der Waals surface area contributed by atoms with E-state index in [1.165, 1.54) is 28.9 Å². The highest BCUT2D eigenvalue weighted by molar-refractivity contribution is 6.02. The number of carbonyl (C=O) groups excluding carboxylic acids is 1. The molecule has 158 valence electrons. The smallest absolute Gasteiger partial charge is 0.277 e. The Kier molecular flexibility index (Phi) is 5.92. The second-order valence-corrected chi connectivity index (χ2v) is 6.60. The first-order chi connectivity index (χ1) is 15.1. The summed E-state index contributed by atoms with van der Waals surface area (Å²) in [5.74, 6) is -1.72. The van der Waals surface area contributed by atoms with E-state index in [1.54, 1.807) is 18.2 Å². The van der Waals surface area contributed by atoms with Crippen molar-refractivity contribution >= 4 is 17.4 Å². The minimum atomic E-state index is -0.756. The van der Waals surface area contributed by atoms with Gasteiger partial charge in [0.15, 0.2) is 11.3 Å². The molecular formula is C21H18F2N6O2. The first-order valence-corrected chi connectivity index (χ1v) is 9.45. The number of rotatable bonds is 7. The van der Waals surface area contributed by atoms with Crippen LogP contribution in [0, 0.1) is 11.6 Å². The molecule has 4 aromatic rings. The highest BCUT2D eigenvalue weighted by Gasteiger charge is 2.17. The Bertz CT molecular complexity index is 1220. The maximum atomic E-state index is 14.1. The van der Waals surface area contributed by atoms with Gasteiger partial charge in [0, 0.05) is 13.1 Å². The van der Waals surface area contributed by atoms with Gasteiger partial charge in [0.2, 0.25) is 0 Å². The summed E-state index contributed by atoms with van der Waals surface area (Å²) in [5, 5.41) is 18.7. The van der Waals surface area contributed by atoms with E-state index >= 15 is 0 Å². The molecule has 31 heavy (non-hydrogen) atoms. The summed E-state index contributed by atoms with van der Waals surface area (Å²) >= 11 is 0. The molecule has 0 saturated heterocycles. The molecule has 0 bridgehead atoms. The van der Waals surface area contributed by atoms with E-state index in [1.807, 2.05) is 0 Å². The van der Waals surface area contributed by atoms with Gasteiger partial charge < -0.3 is 15.7 Å². The number of pyridine rings is 1. The van der Waals surface area contributed by atoms with Crippen molar-refractivity contribution in [3.63, 3.8) is 0 Å². The lowest BCUT2D eigenvalue weighted by Gasteiger charge is -2.08. The fourth-order valence-corrected chi connectivity index (χ4v) is 3.03. The highest BCUT2D eigenvalue weighted by atomic mass is 19.1. The number of nitrogens with zero attached hydrogens (tertiary/aromatic N) is 4. The zero-order valence-electron chi connectivity index (χ0n) is 16.2. The van der Waals surface area contributed by atoms with Crippen LogP contribution in [0.4, 0.5) is 14.6 Å². The number of aliphatic hydroxyl groups is 1. The van der Waals surface area contributed by atoms with Crippen molar-refractivity contribution in [2.24, 2.45) is 0 Å². The molecule has 0 unspecified atom stereocenters. The zero-order chi connectivity index (χ0) is 21.8. The number of nitrogens with one attached hydrogen (secondary N) is 2. The number of imidazole rings is 1. The van der Waals surface area contributed by atoms with Gasteiger partial charge in [-0.2, -0.15) is 5.10 Å². The van der Waals surface area contributed by atoms with E-state index in [0.29, 0.717) is 30.2 Å². The van der Waals surface area contributed by atoms with Crippen LogP contribution in [0.2, 0.25) is 0 Å². The zero-order valence-corrected chi connectivity index (χ0v) is 16.2. The normalized spacial score (nSPS) is 11.1. The van der Waals surface area contributed by atoms with Crippen LogP contribution in [0.1, 0.15) is 16.2 Å². The Balaban J connectivity index is 1.61. The van der Waals surface area contributed by atoms with Crippen molar-refractivity contribution < 1.29 is 18.7 Å². The molecule has 4 rings (SSSR count). The van der Waals surface area contributed by atoms with Gasteiger partial charge >= 0.3 is 0 Å². The molecule has 0 aliphatic heterocycles. The summed E-state index contributed by atoms with van der Waals surface area (Å²) in [7, 11) is 0. The molecular weight excluding hydrogens is 406 g/mol. The van der Waals surface area contributed by atoms with Gasteiger partial charge in [-0.1, -0.05) is 12.1 Å². The van der Waals surface area contributed by atoms with E-state index in [0.717, 1.165) is 12.1 Å². The molecule has 0 saturated carbocycles. The first kappa shape index (κ1) is 20.5. The van der Waals surface area contributed by atoms with Crippen molar-refractivity contribution in [1.82, 2.24) is 24.9 Å². The minimum Gasteiger partial charge on any atom is -0.395 e. The third-order valence-electron chi connectivity index (χ3n) is 4.46. The second kappa shape index (κ2) is 8.94. The van der Waals surface area contributed by atoms with Gasteiger partial charge in [-0.15, -0.1) is 0 Å². The van der Waals surface area contributed by atoms with Crippen LogP contribution in [-0.2, 0) is 6.54 Å². The van der Waals surface area contributed by atoms with Gasteiger partial charge in [0.1, 0.15) is 17.5 Å². The minimum absolute atomic E-state index is 0.0104. The Morgan fingerprint density at radius 2 is 1.84 bits per heavy atom. The summed E-state index contributed by atoms with van der Waals surface area (Å²) < 4.78 is 29.5. The number of aliphatic hydroxyl groups excluding tert-OH is 1. The molecule has 3 N–H and O–H groups in total. The Morgan fingerprint density at radius 1 is 1.06 bits per heavy atom. The SMILES string of the molecule is O=C(Nc1cccc(CNCCO)n1)c1cnc2ccc(-c3c(F)cccc3F)nn12. The summed E-state index contributed by atoms with van der Waals surface area (Å²) in [5.41, 5.74) is 0.860. The van der Waals surface area contributed by atoms with Crippen LogP contribution >= 0.6 is 0 Å². The van der Waals surface area contributed by atoms with Gasteiger partial charge in [0.05, 0.1) is 29.8 Å². The molecule has 3 heterocycles. The van der Waals surface area contributed by atoms with Crippen LogP contribution in [0.25, 0.3) is 16.9 Å². The summed E-state index contributed by atoms with van der Waals surface area (Å²) in [6.45, 7) is 0.867. The molecule has 1 aromatic carbocycles. The molecule has 0 atom stereocenters. The molecule has 1 amide bonds. The van der Waals surface area contributed by atoms with E-state index in [4.69, 9.17) is 5.11 Å². The quantitative estimate of drug-likeness (QED) is 0.394. The Hall–Kier alpha value is -3.76. The highest BCUT2D eigenvalue weighted by Crippen LogP contribution is 2.24. The summed E-state index contributed by atoms with van der Waals surface area (Å²) in [6.07, 6.45) is 1.33. The number of hydrogen-bond donors (Lipinski definition) is 3. The molecule has 0 aliphatic carbocycles. The Labute approximate surface area is 175 Å². The summed E-state index contributed by atoms with van der Waals surface area (Å²) in [4.78, 5) is 21.3. The lowest BCUT2D eigenvalue weighted by Crippen LogP contribution is -2.19. The molecule has 10 heteroatoms. The van der Waals surface area contributed by atoms with Crippen LogP contribution < -0.4 is 10.6 Å². The van der Waals surface area contributed by atoms with E-state index in [2.05, 4.69) is 25.7 Å². The number of amides is 1. The second-order valence-electron chi connectivity index (χ2n) is 6.60. The monoisotopic (exact) mass is 424 g/mol. The van der Waals surface area contributed by atoms with Gasteiger partial charge in [-0.25, -0.2) is 23.3 Å². The fraction of sp³-hybridized carbons (Fsp3) is 0.143. The average molecular weight is 424 g/mol. The van der Waals surface area contributed by atoms with Crippen LogP contribution in [0.15, 0.2) is 54.7 Å². The maximum Gasteiger partial charge on any atom is 0.277 e. The summed E-state index contributed by atoms with van der Waals surface area (Å²) in [6, 6.07) is 11.7. The maximum absolute atomic E-state index is 14.1. The van der Waals surface area contributed by atoms with Crippen molar-refractivity contribution in [2.75, 3.05) is 18.5 Å². The lowest BCUT2D eigenvalue weighted by molar-refractivity contribution is 0.102. The third kappa shape index (κ3) is 4.39. The van der Waals surface area contributed by atoms with Gasteiger partial charge in [-0.3, -0.25) is 4.79 Å². The Morgan fingerprint density at radius 3 is 2.61 bits per heavy atom. The van der Waals surface area contributed by atoms with Gasteiger partial charge in [0.25, 0.3) is 5.91 Å². The molecule has 0 spiro atoms. The molecule has 3 aromatic heterocycles. The van der Waals surface area contributed by atoms with Crippen LogP contribution in [-0.4, -0.2) is 43.7 Å². The topological polar surface area (TPSA) is 104 Å². The predicted molar refractivity (Wildman–Crippen MR) is 109 cm³/mol. The third-order valence-corrected chi connectivity index (χ3v) is 4.46. The predicted octanol–water partition coefficient (Wildman–Crippen LogP) is 2.40. The molecule has 0 fully saturated rings. The standard InChI is InChI=1S/C21H18F2N6O2/c22-14-4-2-5-15(23)20(14)16-7-8-19-25-12-17(29(19)28-16)21(31)27-18-6-1-3-13(26-18)11-24-9-10-30/h1-8,12,24,30H,9-11H2,(H,26,27,31). The van der Waals surface area contributed by atoms with E-state index in [-0.39, 0.29) is 23.6 Å². The number of fused-ring (bicyclic) bond motifs is 1. The number of halogens is 2. The average Bonchev–Trinajstić information content (AvgIpc) is 3.18. The number of carbonyl (C=O) groups is 1. The van der Waals surface area contributed by atoms with E-state index < -0.39 is 17.5 Å². The van der Waals surface area contributed by atoms with Crippen molar-refractivity contribution in [3.8, 4) is 11.3 Å². The fourth-order valence-electron chi connectivity index (χ4n) is 3.03. The first-order valence-electron chi connectivity index (χ1n) is 9.45. The van der Waals surface area contributed by atoms with Crippen molar-refractivity contribution in [1.29, 1.82) is 0 Å². The molecule has 0 radical (unpaired) electrons. The number of aromatic nitrogens is 4.